The van der Waals surface area contributed by atoms with Crippen LogP contribution in [0.1, 0.15) is 50.3 Å². The fourth-order valence-electron chi connectivity index (χ4n) is 4.45. The van der Waals surface area contributed by atoms with Gasteiger partial charge in [-0.05, 0) is 51.9 Å². The van der Waals surface area contributed by atoms with Crippen molar-refractivity contribution in [2.45, 2.75) is 70.0 Å². The summed E-state index contributed by atoms with van der Waals surface area (Å²) in [6.07, 6.45) is 10.6. The van der Waals surface area contributed by atoms with Crippen LogP contribution in [-0.2, 0) is 12.8 Å². The summed E-state index contributed by atoms with van der Waals surface area (Å²) in [5.74, 6) is 1.24. The van der Waals surface area contributed by atoms with E-state index >= 15 is 0 Å². The van der Waals surface area contributed by atoms with Crippen molar-refractivity contribution in [1.29, 1.82) is 0 Å². The summed E-state index contributed by atoms with van der Waals surface area (Å²) in [6, 6.07) is 2.14. The number of hydrogen-bond donors (Lipinski definition) is 1. The Balaban J connectivity index is 1.64. The lowest BCUT2D eigenvalue weighted by Gasteiger charge is -2.38. The van der Waals surface area contributed by atoms with Crippen molar-refractivity contribution in [3.63, 3.8) is 0 Å². The van der Waals surface area contributed by atoms with Gasteiger partial charge in [0, 0.05) is 35.9 Å². The minimum absolute atomic E-state index is 0.665. The van der Waals surface area contributed by atoms with Gasteiger partial charge in [-0.1, -0.05) is 0 Å². The van der Waals surface area contributed by atoms with E-state index in [9.17, 15) is 0 Å². The zero-order valence-corrected chi connectivity index (χ0v) is 12.3. The highest BCUT2D eigenvalue weighted by atomic mass is 15.2. The molecule has 1 aromatic rings. The fourth-order valence-corrected chi connectivity index (χ4v) is 4.45. The van der Waals surface area contributed by atoms with Gasteiger partial charge < -0.3 is 10.2 Å². The van der Waals surface area contributed by atoms with Crippen LogP contribution in [0.25, 0.3) is 0 Å². The standard InChI is InChI=1S/C16H24N4/c1-2-20(13-8-11-6-7-12(9-13)19-11)16-14-4-3-5-15(14)17-10-18-16/h10-13,19H,2-9H2,1H3. The molecule has 0 spiro atoms. The molecule has 1 aromatic heterocycles. The molecular weight excluding hydrogens is 248 g/mol. The van der Waals surface area contributed by atoms with Crippen molar-refractivity contribution in [2.24, 2.45) is 0 Å². The first kappa shape index (κ1) is 12.6. The van der Waals surface area contributed by atoms with Gasteiger partial charge in [0.2, 0.25) is 0 Å². The summed E-state index contributed by atoms with van der Waals surface area (Å²) in [5, 5.41) is 3.74. The molecule has 1 N–H and O–H groups in total. The Kier molecular flexibility index (Phi) is 3.14. The molecule has 3 aliphatic rings. The maximum absolute atomic E-state index is 4.66. The van der Waals surface area contributed by atoms with E-state index in [4.69, 9.17) is 0 Å². The number of nitrogens with zero attached hydrogens (tertiary/aromatic N) is 3. The molecule has 2 bridgehead atoms. The van der Waals surface area contributed by atoms with Gasteiger partial charge in [0.05, 0.1) is 0 Å². The Morgan fingerprint density at radius 1 is 1.20 bits per heavy atom. The van der Waals surface area contributed by atoms with Crippen molar-refractivity contribution in [1.82, 2.24) is 15.3 Å². The summed E-state index contributed by atoms with van der Waals surface area (Å²) in [7, 11) is 0. The van der Waals surface area contributed by atoms with Gasteiger partial charge in [-0.15, -0.1) is 0 Å². The molecule has 0 aromatic carbocycles. The average Bonchev–Trinajstić information content (AvgIpc) is 3.07. The lowest BCUT2D eigenvalue weighted by molar-refractivity contribution is 0.347. The van der Waals surface area contributed by atoms with Gasteiger partial charge in [0.15, 0.2) is 0 Å². The van der Waals surface area contributed by atoms with Crippen molar-refractivity contribution < 1.29 is 0 Å². The number of hydrogen-bond acceptors (Lipinski definition) is 4. The second-order valence-corrected chi connectivity index (χ2v) is 6.53. The van der Waals surface area contributed by atoms with E-state index in [0.29, 0.717) is 6.04 Å². The molecule has 3 heterocycles. The van der Waals surface area contributed by atoms with Crippen LogP contribution in [-0.4, -0.2) is 34.6 Å². The quantitative estimate of drug-likeness (QED) is 0.914. The van der Waals surface area contributed by atoms with Crippen LogP contribution in [0.2, 0.25) is 0 Å². The lowest BCUT2D eigenvalue weighted by atomic mass is 9.97. The molecule has 1 aliphatic carbocycles. The third-order valence-corrected chi connectivity index (χ3v) is 5.35. The Morgan fingerprint density at radius 2 is 2.00 bits per heavy atom. The van der Waals surface area contributed by atoms with Crippen LogP contribution in [0.3, 0.4) is 0 Å². The first-order chi connectivity index (χ1) is 9.85. The fraction of sp³-hybridized carbons (Fsp3) is 0.750. The summed E-state index contributed by atoms with van der Waals surface area (Å²) in [5.41, 5.74) is 2.73. The van der Waals surface area contributed by atoms with Crippen molar-refractivity contribution >= 4 is 5.82 Å². The number of piperidine rings is 1. The first-order valence-corrected chi connectivity index (χ1v) is 8.20. The normalized spacial score (nSPS) is 31.4. The lowest BCUT2D eigenvalue weighted by Crippen LogP contribution is -2.48. The summed E-state index contributed by atoms with van der Waals surface area (Å²) in [4.78, 5) is 11.7. The number of nitrogens with one attached hydrogen (secondary N) is 1. The average molecular weight is 272 g/mol. The van der Waals surface area contributed by atoms with Crippen LogP contribution in [0.5, 0.6) is 0 Å². The maximum Gasteiger partial charge on any atom is 0.135 e. The highest BCUT2D eigenvalue weighted by Crippen LogP contribution is 2.34. The number of aryl methyl sites for hydroxylation is 1. The summed E-state index contributed by atoms with van der Waals surface area (Å²) < 4.78 is 0. The monoisotopic (exact) mass is 272 g/mol. The van der Waals surface area contributed by atoms with E-state index in [1.54, 1.807) is 6.33 Å². The molecule has 108 valence electrons. The molecule has 20 heavy (non-hydrogen) atoms. The Morgan fingerprint density at radius 3 is 2.75 bits per heavy atom. The largest absolute Gasteiger partial charge is 0.353 e. The van der Waals surface area contributed by atoms with Crippen molar-refractivity contribution in [3.8, 4) is 0 Å². The highest BCUT2D eigenvalue weighted by Gasteiger charge is 2.37. The number of anilines is 1. The Bertz CT molecular complexity index is 489. The minimum Gasteiger partial charge on any atom is -0.353 e. The SMILES string of the molecule is CCN(c1ncnc2c1CCC2)C1CC2CCC(C1)N2. The van der Waals surface area contributed by atoms with Crippen molar-refractivity contribution in [3.05, 3.63) is 17.6 Å². The summed E-state index contributed by atoms with van der Waals surface area (Å²) in [6.45, 7) is 3.33. The van der Waals surface area contributed by atoms with Crippen molar-refractivity contribution in [2.75, 3.05) is 11.4 Å². The third kappa shape index (κ3) is 2.01. The maximum atomic E-state index is 4.66. The molecule has 2 fully saturated rings. The summed E-state index contributed by atoms with van der Waals surface area (Å²) >= 11 is 0. The van der Waals surface area contributed by atoms with Crippen LogP contribution >= 0.6 is 0 Å². The zero-order chi connectivity index (χ0) is 13.5. The second kappa shape index (κ2) is 4.99. The molecule has 0 radical (unpaired) electrons. The predicted octanol–water partition coefficient (Wildman–Crippen LogP) is 2.07. The molecule has 2 atom stereocenters. The molecule has 4 rings (SSSR count). The van der Waals surface area contributed by atoms with E-state index in [0.717, 1.165) is 25.0 Å². The van der Waals surface area contributed by atoms with Crippen LogP contribution in [0.15, 0.2) is 6.33 Å². The van der Waals surface area contributed by atoms with Crippen LogP contribution in [0.4, 0.5) is 5.82 Å². The van der Waals surface area contributed by atoms with Gasteiger partial charge in [0.25, 0.3) is 0 Å². The van der Waals surface area contributed by atoms with Gasteiger partial charge in [-0.3, -0.25) is 0 Å². The minimum atomic E-state index is 0.665. The number of fused-ring (bicyclic) bond motifs is 3. The highest BCUT2D eigenvalue weighted by molar-refractivity contribution is 5.51. The molecule has 4 nitrogen and oxygen atoms in total. The van der Waals surface area contributed by atoms with Crippen LogP contribution in [0, 0.1) is 0 Å². The molecule has 2 saturated heterocycles. The number of rotatable bonds is 3. The molecule has 0 amide bonds. The molecular formula is C16H24N4. The number of aromatic nitrogens is 2. The van der Waals surface area contributed by atoms with E-state index in [1.807, 2.05) is 0 Å². The van der Waals surface area contributed by atoms with Gasteiger partial charge in [-0.25, -0.2) is 9.97 Å². The van der Waals surface area contributed by atoms with E-state index in [1.165, 1.54) is 55.6 Å². The zero-order valence-electron chi connectivity index (χ0n) is 12.3. The predicted molar refractivity (Wildman–Crippen MR) is 80.0 cm³/mol. The third-order valence-electron chi connectivity index (χ3n) is 5.35. The first-order valence-electron chi connectivity index (χ1n) is 8.20. The molecule has 0 saturated carbocycles. The molecule has 2 aliphatic heterocycles. The molecule has 2 unspecified atom stereocenters. The van der Waals surface area contributed by atoms with E-state index < -0.39 is 0 Å². The Hall–Kier alpha value is -1.16. The van der Waals surface area contributed by atoms with Gasteiger partial charge in [0.1, 0.15) is 12.1 Å². The topological polar surface area (TPSA) is 41.1 Å². The van der Waals surface area contributed by atoms with Gasteiger partial charge in [-0.2, -0.15) is 0 Å². The molecule has 4 heteroatoms. The second-order valence-electron chi connectivity index (χ2n) is 6.53. The van der Waals surface area contributed by atoms with Gasteiger partial charge >= 0.3 is 0 Å². The smallest absolute Gasteiger partial charge is 0.135 e. The van der Waals surface area contributed by atoms with E-state index in [2.05, 4.69) is 27.1 Å². The van der Waals surface area contributed by atoms with E-state index in [-0.39, 0.29) is 0 Å². The van der Waals surface area contributed by atoms with Crippen LogP contribution < -0.4 is 10.2 Å². The Labute approximate surface area is 121 Å².